The number of anilines is 1. The van der Waals surface area contributed by atoms with E-state index in [1.165, 1.54) is 12.1 Å². The number of nitrogens with zero attached hydrogens (tertiary/aromatic N) is 5. The minimum Gasteiger partial charge on any atom is -0.356 e. The van der Waals surface area contributed by atoms with Gasteiger partial charge in [0, 0.05) is 37.5 Å². The molecule has 0 aliphatic carbocycles. The Labute approximate surface area is 202 Å². The van der Waals surface area contributed by atoms with Crippen molar-refractivity contribution in [1.29, 1.82) is 0 Å². The van der Waals surface area contributed by atoms with Crippen LogP contribution in [-0.4, -0.2) is 45.0 Å². The molecule has 186 valence electrons. The van der Waals surface area contributed by atoms with Crippen molar-refractivity contribution in [3.8, 4) is 0 Å². The monoisotopic (exact) mass is 485 g/mol. The number of hydrogen-bond acceptors (Lipinski definition) is 4. The van der Waals surface area contributed by atoms with Crippen molar-refractivity contribution in [2.75, 3.05) is 24.5 Å². The number of amides is 1. The molecule has 6 nitrogen and oxygen atoms in total. The van der Waals surface area contributed by atoms with Gasteiger partial charge in [-0.3, -0.25) is 4.79 Å². The summed E-state index contributed by atoms with van der Waals surface area (Å²) in [6.45, 7) is 8.27. The molecule has 9 heteroatoms. The predicted molar refractivity (Wildman–Crippen MR) is 128 cm³/mol. The average Bonchev–Trinajstić information content (AvgIpc) is 3.42. The molecule has 4 heterocycles. The van der Waals surface area contributed by atoms with Crippen LogP contribution in [-0.2, 0) is 6.18 Å². The van der Waals surface area contributed by atoms with Crippen LogP contribution in [0, 0.1) is 19.8 Å². The maximum absolute atomic E-state index is 13.7. The molecule has 0 unspecified atom stereocenters. The van der Waals surface area contributed by atoms with Crippen LogP contribution in [0.15, 0.2) is 30.5 Å². The molecule has 0 bridgehead atoms. The van der Waals surface area contributed by atoms with Crippen LogP contribution >= 0.6 is 0 Å². The zero-order valence-electron chi connectivity index (χ0n) is 20.3. The topological polar surface area (TPSA) is 53.7 Å². The molecule has 2 aromatic heterocycles. The van der Waals surface area contributed by atoms with E-state index in [9.17, 15) is 18.0 Å². The van der Waals surface area contributed by atoms with Crippen molar-refractivity contribution in [2.24, 2.45) is 5.92 Å². The van der Waals surface area contributed by atoms with E-state index in [0.29, 0.717) is 35.8 Å². The molecule has 2 aliphatic heterocycles. The van der Waals surface area contributed by atoms with Crippen molar-refractivity contribution >= 4 is 17.4 Å². The fourth-order valence-corrected chi connectivity index (χ4v) is 5.35. The number of carbonyl (C=O) groups excluding carboxylic acids is 1. The van der Waals surface area contributed by atoms with E-state index in [0.717, 1.165) is 49.8 Å². The highest BCUT2D eigenvalue weighted by molar-refractivity contribution is 5.96. The summed E-state index contributed by atoms with van der Waals surface area (Å²) in [5, 5.41) is 4.71. The van der Waals surface area contributed by atoms with Crippen molar-refractivity contribution in [2.45, 2.75) is 58.7 Å². The molecular formula is C26H30F3N5O. The molecule has 0 saturated carbocycles. The number of piperidine rings is 1. The van der Waals surface area contributed by atoms with E-state index in [1.807, 2.05) is 19.2 Å². The maximum Gasteiger partial charge on any atom is 0.417 e. The fraction of sp³-hybridized carbons (Fsp3) is 0.500. The summed E-state index contributed by atoms with van der Waals surface area (Å²) in [5.74, 6) is 0.969. The van der Waals surface area contributed by atoms with E-state index >= 15 is 0 Å². The summed E-state index contributed by atoms with van der Waals surface area (Å²) in [4.78, 5) is 22.2. The van der Waals surface area contributed by atoms with Gasteiger partial charge >= 0.3 is 6.18 Å². The number of aryl methyl sites for hydroxylation is 2. The summed E-state index contributed by atoms with van der Waals surface area (Å²) in [6.07, 6.45) is 0.760. The number of carbonyl (C=O) groups is 1. The molecule has 2 fully saturated rings. The van der Waals surface area contributed by atoms with Crippen molar-refractivity contribution in [3.63, 3.8) is 0 Å². The molecule has 0 radical (unpaired) electrons. The Kier molecular flexibility index (Phi) is 5.97. The Morgan fingerprint density at radius 1 is 1.09 bits per heavy atom. The Bertz CT molecular complexity index is 1270. The largest absolute Gasteiger partial charge is 0.417 e. The zero-order chi connectivity index (χ0) is 24.9. The highest BCUT2D eigenvalue weighted by Gasteiger charge is 2.38. The van der Waals surface area contributed by atoms with Crippen LogP contribution in [0.1, 0.15) is 71.4 Å². The first kappa shape index (κ1) is 23.6. The molecule has 35 heavy (non-hydrogen) atoms. The number of hydrogen-bond donors (Lipinski definition) is 0. The van der Waals surface area contributed by atoms with Gasteiger partial charge in [-0.25, -0.2) is 9.50 Å². The standard InChI is InChI=1S/C26H30F3N5O/c1-16-7-8-20(26(27,28)29)19(12-16)25(35)33-10-5-4-6-22(33)21-13-23-30-24(18(3)15-34(23)31-21)32-11-9-17(2)14-32/h7-8,12-13,15,17,22H,4-6,9-11,14H2,1-3H3/t17-,22-/m0/s1. The zero-order valence-corrected chi connectivity index (χ0v) is 20.3. The molecule has 0 spiro atoms. The highest BCUT2D eigenvalue weighted by atomic mass is 19.4. The van der Waals surface area contributed by atoms with Gasteiger partial charge in [-0.1, -0.05) is 18.6 Å². The molecule has 3 aromatic rings. The second kappa shape index (κ2) is 8.84. The quantitative estimate of drug-likeness (QED) is 0.486. The van der Waals surface area contributed by atoms with E-state index in [-0.39, 0.29) is 5.56 Å². The van der Waals surface area contributed by atoms with Gasteiger partial charge in [0.1, 0.15) is 5.82 Å². The van der Waals surface area contributed by atoms with Crippen molar-refractivity contribution in [1.82, 2.24) is 19.5 Å². The minimum atomic E-state index is -4.60. The van der Waals surface area contributed by atoms with Gasteiger partial charge < -0.3 is 9.80 Å². The summed E-state index contributed by atoms with van der Waals surface area (Å²) < 4.78 is 42.8. The number of alkyl halides is 3. The molecular weight excluding hydrogens is 455 g/mol. The van der Waals surface area contributed by atoms with Gasteiger partial charge in [-0.15, -0.1) is 0 Å². The number of benzene rings is 1. The minimum absolute atomic E-state index is 0.299. The van der Waals surface area contributed by atoms with Crippen LogP contribution in [0.5, 0.6) is 0 Å². The second-order valence-corrected chi connectivity index (χ2v) is 10.0. The van der Waals surface area contributed by atoms with Crippen LogP contribution < -0.4 is 4.90 Å². The molecule has 1 aromatic carbocycles. The lowest BCUT2D eigenvalue weighted by Gasteiger charge is -2.35. The first-order valence-corrected chi connectivity index (χ1v) is 12.2. The lowest BCUT2D eigenvalue weighted by molar-refractivity contribution is -0.138. The summed E-state index contributed by atoms with van der Waals surface area (Å²) >= 11 is 0. The van der Waals surface area contributed by atoms with Gasteiger partial charge in [-0.05, 0) is 57.6 Å². The SMILES string of the molecule is Cc1ccc(C(F)(F)F)c(C(=O)N2CCCC[C@H]2c2cc3nc(N4CC[C@H](C)C4)c(C)cn3n2)c1. The molecule has 2 saturated heterocycles. The van der Waals surface area contributed by atoms with Gasteiger partial charge in [-0.2, -0.15) is 18.3 Å². The van der Waals surface area contributed by atoms with Gasteiger partial charge in [0.2, 0.25) is 0 Å². The Hall–Kier alpha value is -3.10. The number of aromatic nitrogens is 3. The average molecular weight is 486 g/mol. The second-order valence-electron chi connectivity index (χ2n) is 10.0. The van der Waals surface area contributed by atoms with Crippen LogP contribution in [0.2, 0.25) is 0 Å². The van der Waals surface area contributed by atoms with Crippen LogP contribution in [0.25, 0.3) is 5.65 Å². The molecule has 5 rings (SSSR count). The molecule has 0 N–H and O–H groups in total. The summed E-state index contributed by atoms with van der Waals surface area (Å²) in [7, 11) is 0. The number of halogens is 3. The number of fused-ring (bicyclic) bond motifs is 1. The van der Waals surface area contributed by atoms with Crippen molar-refractivity contribution < 1.29 is 18.0 Å². The third kappa shape index (κ3) is 4.48. The molecule has 2 aliphatic rings. The van der Waals surface area contributed by atoms with E-state index in [4.69, 9.17) is 10.1 Å². The van der Waals surface area contributed by atoms with Gasteiger partial charge in [0.05, 0.1) is 22.9 Å². The predicted octanol–water partition coefficient (Wildman–Crippen LogP) is 5.58. The lowest BCUT2D eigenvalue weighted by Crippen LogP contribution is -2.39. The number of rotatable bonds is 3. The molecule has 2 atom stereocenters. The van der Waals surface area contributed by atoms with E-state index < -0.39 is 23.7 Å². The van der Waals surface area contributed by atoms with Gasteiger partial charge in [0.15, 0.2) is 5.65 Å². The maximum atomic E-state index is 13.7. The van der Waals surface area contributed by atoms with Gasteiger partial charge in [0.25, 0.3) is 5.91 Å². The third-order valence-corrected chi connectivity index (χ3v) is 7.16. The smallest absolute Gasteiger partial charge is 0.356 e. The Balaban J connectivity index is 1.50. The van der Waals surface area contributed by atoms with Crippen LogP contribution in [0.3, 0.4) is 0 Å². The van der Waals surface area contributed by atoms with E-state index in [2.05, 4.69) is 11.8 Å². The summed E-state index contributed by atoms with van der Waals surface area (Å²) in [5.41, 5.74) is 1.79. The fourth-order valence-electron chi connectivity index (χ4n) is 5.35. The summed E-state index contributed by atoms with van der Waals surface area (Å²) in [6, 6.07) is 5.21. The Morgan fingerprint density at radius 3 is 2.60 bits per heavy atom. The highest BCUT2D eigenvalue weighted by Crippen LogP contribution is 2.37. The number of likely N-dealkylation sites (tertiary alicyclic amines) is 1. The van der Waals surface area contributed by atoms with Crippen molar-refractivity contribution in [3.05, 3.63) is 58.4 Å². The first-order valence-electron chi connectivity index (χ1n) is 12.2. The molecule has 1 amide bonds. The van der Waals surface area contributed by atoms with E-state index in [1.54, 1.807) is 16.3 Å². The lowest BCUT2D eigenvalue weighted by atomic mass is 9.96. The van der Waals surface area contributed by atoms with Crippen LogP contribution in [0.4, 0.5) is 19.0 Å². The first-order chi connectivity index (χ1) is 16.6. The third-order valence-electron chi connectivity index (χ3n) is 7.16. The Morgan fingerprint density at radius 2 is 1.89 bits per heavy atom. The normalized spacial score (nSPS) is 21.2.